The number of rotatable bonds is 3. The fourth-order valence-electron chi connectivity index (χ4n) is 1.92. The summed E-state index contributed by atoms with van der Waals surface area (Å²) in [6.45, 7) is 0.380. The molecule has 0 saturated heterocycles. The van der Waals surface area contributed by atoms with Crippen LogP contribution in [-0.2, 0) is 11.3 Å². The van der Waals surface area contributed by atoms with Crippen LogP contribution in [0.5, 0.6) is 0 Å². The van der Waals surface area contributed by atoms with Crippen LogP contribution in [0, 0.1) is 5.82 Å². The summed E-state index contributed by atoms with van der Waals surface area (Å²) in [5.41, 5.74) is 0.625. The molecule has 0 amide bonds. The molecule has 1 saturated carbocycles. The molecule has 0 unspecified atom stereocenters. The van der Waals surface area contributed by atoms with E-state index in [0.29, 0.717) is 23.2 Å². The van der Waals surface area contributed by atoms with Crippen LogP contribution in [0.1, 0.15) is 31.2 Å². The lowest BCUT2D eigenvalue weighted by atomic mass is 10.2. The van der Waals surface area contributed by atoms with Crippen LogP contribution in [0.15, 0.2) is 23.1 Å². The minimum absolute atomic E-state index is 0.222. The maximum atomic E-state index is 13.4. The van der Waals surface area contributed by atoms with Gasteiger partial charge in [0, 0.05) is 10.5 Å². The molecule has 0 aromatic heterocycles. The predicted molar refractivity (Wildman–Crippen MR) is 60.7 cm³/mol. The molecule has 1 fully saturated rings. The van der Waals surface area contributed by atoms with Gasteiger partial charge < -0.3 is 4.74 Å². The standard InChI is InChI=1S/C12H15FOS/c13-12-7-11(15)6-5-9(12)8-14-10-3-1-2-4-10/h5-7,10,15H,1-4,8H2. The van der Waals surface area contributed by atoms with Gasteiger partial charge in [0.15, 0.2) is 0 Å². The Morgan fingerprint density at radius 2 is 2.07 bits per heavy atom. The Bertz CT molecular complexity index is 334. The molecule has 2 rings (SSSR count). The highest BCUT2D eigenvalue weighted by atomic mass is 32.1. The third kappa shape index (κ3) is 2.95. The van der Waals surface area contributed by atoms with Gasteiger partial charge >= 0.3 is 0 Å². The summed E-state index contributed by atoms with van der Waals surface area (Å²) in [6, 6.07) is 4.96. The van der Waals surface area contributed by atoms with Crippen LogP contribution >= 0.6 is 12.6 Å². The summed E-state index contributed by atoms with van der Waals surface area (Å²) in [6.07, 6.45) is 5.05. The lowest BCUT2D eigenvalue weighted by molar-refractivity contribution is 0.0441. The average Bonchev–Trinajstić information content (AvgIpc) is 2.69. The molecule has 1 aromatic rings. The van der Waals surface area contributed by atoms with Gasteiger partial charge in [0.25, 0.3) is 0 Å². The van der Waals surface area contributed by atoms with Crippen molar-refractivity contribution in [1.82, 2.24) is 0 Å². The van der Waals surface area contributed by atoms with Crippen molar-refractivity contribution in [1.29, 1.82) is 0 Å². The molecule has 1 aromatic carbocycles. The van der Waals surface area contributed by atoms with Crippen LogP contribution < -0.4 is 0 Å². The Balaban J connectivity index is 1.92. The normalized spacial score (nSPS) is 17.2. The first kappa shape index (κ1) is 11.0. The highest BCUT2D eigenvalue weighted by Crippen LogP contribution is 2.23. The second-order valence-corrected chi connectivity index (χ2v) is 4.51. The summed E-state index contributed by atoms with van der Waals surface area (Å²) in [7, 11) is 0. The van der Waals surface area contributed by atoms with E-state index in [4.69, 9.17) is 4.74 Å². The van der Waals surface area contributed by atoms with Crippen molar-refractivity contribution in [2.45, 2.75) is 43.3 Å². The third-order valence-corrected chi connectivity index (χ3v) is 3.09. The molecule has 0 atom stereocenters. The van der Waals surface area contributed by atoms with Crippen molar-refractivity contribution in [2.24, 2.45) is 0 Å². The Labute approximate surface area is 95.0 Å². The Kier molecular flexibility index (Phi) is 3.65. The molecule has 3 heteroatoms. The number of thiol groups is 1. The van der Waals surface area contributed by atoms with E-state index in [1.807, 2.05) is 0 Å². The van der Waals surface area contributed by atoms with Gasteiger partial charge in [0.2, 0.25) is 0 Å². The van der Waals surface area contributed by atoms with E-state index in [9.17, 15) is 4.39 Å². The topological polar surface area (TPSA) is 9.23 Å². The number of hydrogen-bond donors (Lipinski definition) is 1. The third-order valence-electron chi connectivity index (χ3n) is 2.81. The predicted octanol–water partition coefficient (Wildman–Crippen LogP) is 3.57. The van der Waals surface area contributed by atoms with Gasteiger partial charge in [-0.2, -0.15) is 0 Å². The van der Waals surface area contributed by atoms with Gasteiger partial charge in [-0.25, -0.2) is 4.39 Å². The van der Waals surface area contributed by atoms with Crippen molar-refractivity contribution in [3.8, 4) is 0 Å². The molecular weight excluding hydrogens is 211 g/mol. The number of hydrogen-bond acceptors (Lipinski definition) is 2. The van der Waals surface area contributed by atoms with Crippen molar-refractivity contribution in [3.63, 3.8) is 0 Å². The van der Waals surface area contributed by atoms with Crippen molar-refractivity contribution in [2.75, 3.05) is 0 Å². The van der Waals surface area contributed by atoms with E-state index in [1.54, 1.807) is 12.1 Å². The first-order valence-electron chi connectivity index (χ1n) is 5.35. The molecular formula is C12H15FOS. The van der Waals surface area contributed by atoms with Crippen LogP contribution in [0.25, 0.3) is 0 Å². The zero-order valence-corrected chi connectivity index (χ0v) is 9.47. The lowest BCUT2D eigenvalue weighted by Crippen LogP contribution is -2.08. The van der Waals surface area contributed by atoms with Gasteiger partial charge in [0.1, 0.15) is 5.82 Å². The Hall–Kier alpha value is -0.540. The van der Waals surface area contributed by atoms with E-state index in [0.717, 1.165) is 12.8 Å². The summed E-state index contributed by atoms with van der Waals surface area (Å²) < 4.78 is 19.0. The molecule has 0 bridgehead atoms. The molecule has 1 aliphatic carbocycles. The monoisotopic (exact) mass is 226 g/mol. The van der Waals surface area contributed by atoms with Gasteiger partial charge in [-0.3, -0.25) is 0 Å². The van der Waals surface area contributed by atoms with Gasteiger partial charge in [-0.1, -0.05) is 18.9 Å². The smallest absolute Gasteiger partial charge is 0.129 e. The molecule has 0 N–H and O–H groups in total. The number of halogens is 1. The summed E-state index contributed by atoms with van der Waals surface area (Å²) in [5, 5.41) is 0. The van der Waals surface area contributed by atoms with Crippen LogP contribution in [-0.4, -0.2) is 6.10 Å². The summed E-state index contributed by atoms with van der Waals surface area (Å²) >= 11 is 4.08. The summed E-state index contributed by atoms with van der Waals surface area (Å²) in [4.78, 5) is 0.650. The Morgan fingerprint density at radius 1 is 1.33 bits per heavy atom. The lowest BCUT2D eigenvalue weighted by Gasteiger charge is -2.11. The largest absolute Gasteiger partial charge is 0.373 e. The fourth-order valence-corrected chi connectivity index (χ4v) is 2.10. The first-order valence-corrected chi connectivity index (χ1v) is 5.79. The second-order valence-electron chi connectivity index (χ2n) is 3.99. The molecule has 15 heavy (non-hydrogen) atoms. The molecule has 0 spiro atoms. The molecule has 0 aliphatic heterocycles. The number of ether oxygens (including phenoxy) is 1. The first-order chi connectivity index (χ1) is 7.25. The molecule has 0 radical (unpaired) electrons. The maximum Gasteiger partial charge on any atom is 0.129 e. The highest BCUT2D eigenvalue weighted by molar-refractivity contribution is 7.80. The minimum atomic E-state index is -0.222. The highest BCUT2D eigenvalue weighted by Gasteiger charge is 2.15. The van der Waals surface area contributed by atoms with Gasteiger partial charge in [0.05, 0.1) is 12.7 Å². The quantitative estimate of drug-likeness (QED) is 0.775. The van der Waals surface area contributed by atoms with Crippen molar-refractivity contribution in [3.05, 3.63) is 29.6 Å². The van der Waals surface area contributed by atoms with Crippen LogP contribution in [0.4, 0.5) is 4.39 Å². The van der Waals surface area contributed by atoms with Gasteiger partial charge in [-0.15, -0.1) is 12.6 Å². The molecule has 1 aliphatic rings. The average molecular weight is 226 g/mol. The van der Waals surface area contributed by atoms with E-state index >= 15 is 0 Å². The van der Waals surface area contributed by atoms with E-state index in [2.05, 4.69) is 12.6 Å². The van der Waals surface area contributed by atoms with Crippen molar-refractivity contribution < 1.29 is 9.13 Å². The molecule has 82 valence electrons. The second kappa shape index (κ2) is 4.99. The zero-order chi connectivity index (χ0) is 10.7. The summed E-state index contributed by atoms with van der Waals surface area (Å²) in [5.74, 6) is -0.222. The Morgan fingerprint density at radius 3 is 2.73 bits per heavy atom. The van der Waals surface area contributed by atoms with Crippen molar-refractivity contribution >= 4 is 12.6 Å². The number of benzene rings is 1. The molecule has 0 heterocycles. The minimum Gasteiger partial charge on any atom is -0.373 e. The van der Waals surface area contributed by atoms with E-state index in [-0.39, 0.29) is 5.82 Å². The van der Waals surface area contributed by atoms with E-state index < -0.39 is 0 Å². The van der Waals surface area contributed by atoms with Gasteiger partial charge in [-0.05, 0) is 25.0 Å². The van der Waals surface area contributed by atoms with E-state index in [1.165, 1.54) is 18.9 Å². The molecule has 1 nitrogen and oxygen atoms in total. The van der Waals surface area contributed by atoms with Crippen LogP contribution in [0.2, 0.25) is 0 Å². The fraction of sp³-hybridized carbons (Fsp3) is 0.500. The zero-order valence-electron chi connectivity index (χ0n) is 8.58. The SMILES string of the molecule is Fc1cc(S)ccc1COC1CCCC1. The maximum absolute atomic E-state index is 13.4. The van der Waals surface area contributed by atoms with Crippen LogP contribution in [0.3, 0.4) is 0 Å².